The third-order valence-electron chi connectivity index (χ3n) is 16.7. The van der Waals surface area contributed by atoms with E-state index in [0.29, 0.717) is 32.1 Å². The Morgan fingerprint density at radius 3 is 0.768 bits per heavy atom. The van der Waals surface area contributed by atoms with Crippen LogP contribution in [-0.4, -0.2) is 96.7 Å². The standard InChI is InChI=1S/C93H148O17P2/c1-5-9-13-17-21-25-29-33-37-41-43-47-50-54-58-62-66-70-74-78-91(96)104-84-89(110-93(98)80-76-72-68-64-60-56-52-48-44-42-38-34-30-26-22-18-14-10-6-2)86-108-112(101,102)106-82-87(94)81-105-111(99,100)107-85-88(109-92(97)79-75-71-67-63-59-55-51-46-40-36-32-28-24-20-16-12-8-4)83-103-90(95)77-73-69-65-61-57-53-49-45-39-35-31-27-23-19-15-11-7-3/h9,11-13,15-16,21-28,33-40,43-44,47-49,51,53-55,58,66,70,87-89,94H,5-8,10,14,17-20,29-32,41-42,45-46,50,52,56-57,59-65,67-69,71-86H2,1-4H3,(H,99,100)(H,101,102)/b13-9-,15-11-,16-12-,25-21-,26-22-,27-23-,28-24-,37-33-,38-34-,39-35-,40-36-,47-43-,48-44-,53-49-,55-51-,58-54-,70-66-. The first-order valence-electron chi connectivity index (χ1n) is 42.3. The Kier molecular flexibility index (Phi) is 77.9. The van der Waals surface area contributed by atoms with Crippen LogP contribution in [0.1, 0.15) is 297 Å². The highest BCUT2D eigenvalue weighted by Crippen LogP contribution is 2.45. The molecule has 0 aromatic carbocycles. The molecule has 0 saturated heterocycles. The highest BCUT2D eigenvalue weighted by atomic mass is 31.2. The molecule has 0 bridgehead atoms. The van der Waals surface area contributed by atoms with Gasteiger partial charge in [-0.05, 0) is 180 Å². The SMILES string of the molecule is CC/C=C\C/C=C\C/C=C\C/C=C\C/C=C\C/C=C\CCC(=O)OCC(COP(=O)(O)OCC(O)COP(=O)(O)OCC(COC(=O)CCCCCC/C=C\C/C=C\C/C=C\C/C=C\CC)OC(=O)CCCCCC/C=C\C/C=C\C/C=C\C/C=C\CC)OC(=O)CCCCCCCC/C=C\C/C=C\C/C=C\CCCCC. The first-order chi connectivity index (χ1) is 54.7. The smallest absolute Gasteiger partial charge is 0.462 e. The monoisotopic (exact) mass is 1600 g/mol. The van der Waals surface area contributed by atoms with E-state index in [2.05, 4.69) is 216 Å². The number of aliphatic hydroxyl groups is 1. The van der Waals surface area contributed by atoms with Gasteiger partial charge in [0.15, 0.2) is 12.2 Å². The quantitative estimate of drug-likeness (QED) is 0.0169. The molecule has 5 atom stereocenters. The molecule has 3 N–H and O–H groups in total. The molecular formula is C93H148O17P2. The minimum absolute atomic E-state index is 0.0242. The summed E-state index contributed by atoms with van der Waals surface area (Å²) in [7, 11) is -10.0. The third kappa shape index (κ3) is 81.6. The molecule has 0 aliphatic carbocycles. The number of allylic oxidation sites excluding steroid dienone is 34. The molecule has 0 rings (SSSR count). The van der Waals surface area contributed by atoms with Gasteiger partial charge in [0.05, 0.1) is 26.4 Å². The Balaban J connectivity index is 5.54. The zero-order valence-electron chi connectivity index (χ0n) is 69.3. The van der Waals surface area contributed by atoms with Gasteiger partial charge in [0.25, 0.3) is 0 Å². The van der Waals surface area contributed by atoms with Crippen molar-refractivity contribution in [3.8, 4) is 0 Å². The largest absolute Gasteiger partial charge is 0.472 e. The topological polar surface area (TPSA) is 237 Å². The molecule has 632 valence electrons. The zero-order valence-corrected chi connectivity index (χ0v) is 71.0. The number of phosphoric acid groups is 2. The average molecular weight is 1600 g/mol. The summed E-state index contributed by atoms with van der Waals surface area (Å²) in [6, 6.07) is 0. The number of ether oxygens (including phenoxy) is 4. The van der Waals surface area contributed by atoms with E-state index in [1.54, 1.807) is 0 Å². The highest BCUT2D eigenvalue weighted by Gasteiger charge is 2.30. The van der Waals surface area contributed by atoms with E-state index in [1.807, 2.05) is 18.2 Å². The van der Waals surface area contributed by atoms with Gasteiger partial charge in [0.2, 0.25) is 0 Å². The van der Waals surface area contributed by atoms with E-state index in [0.717, 1.165) is 193 Å². The van der Waals surface area contributed by atoms with Crippen molar-refractivity contribution in [1.29, 1.82) is 0 Å². The van der Waals surface area contributed by atoms with E-state index in [9.17, 15) is 43.2 Å². The minimum atomic E-state index is -5.02. The lowest BCUT2D eigenvalue weighted by molar-refractivity contribution is -0.161. The lowest BCUT2D eigenvalue weighted by atomic mass is 10.1. The van der Waals surface area contributed by atoms with Crippen LogP contribution in [0.15, 0.2) is 207 Å². The number of hydrogen-bond donors (Lipinski definition) is 3. The highest BCUT2D eigenvalue weighted by molar-refractivity contribution is 7.47. The fourth-order valence-electron chi connectivity index (χ4n) is 10.4. The van der Waals surface area contributed by atoms with E-state index >= 15 is 0 Å². The van der Waals surface area contributed by atoms with Gasteiger partial charge in [0.1, 0.15) is 19.3 Å². The van der Waals surface area contributed by atoms with Crippen LogP contribution in [-0.2, 0) is 65.4 Å². The van der Waals surface area contributed by atoms with Crippen LogP contribution in [0.25, 0.3) is 0 Å². The van der Waals surface area contributed by atoms with E-state index in [4.69, 9.17) is 37.0 Å². The summed E-state index contributed by atoms with van der Waals surface area (Å²) in [6.45, 7) is 4.34. The van der Waals surface area contributed by atoms with Crippen molar-refractivity contribution in [3.63, 3.8) is 0 Å². The fraction of sp³-hybridized carbons (Fsp3) is 0.591. The summed E-state index contributed by atoms with van der Waals surface area (Å²) in [5.41, 5.74) is 0. The number of hydrogen-bond acceptors (Lipinski definition) is 15. The van der Waals surface area contributed by atoms with Crippen molar-refractivity contribution in [3.05, 3.63) is 207 Å². The maximum Gasteiger partial charge on any atom is 0.472 e. The van der Waals surface area contributed by atoms with Gasteiger partial charge in [-0.1, -0.05) is 298 Å². The number of unbranched alkanes of at least 4 members (excludes halogenated alkanes) is 17. The number of rotatable bonds is 77. The molecule has 0 amide bonds. The van der Waals surface area contributed by atoms with Crippen LogP contribution in [0.3, 0.4) is 0 Å². The molecule has 0 aliphatic heterocycles. The van der Waals surface area contributed by atoms with Crippen LogP contribution >= 0.6 is 15.6 Å². The summed E-state index contributed by atoms with van der Waals surface area (Å²) in [5.74, 6) is -2.36. The second-order valence-corrected chi connectivity index (χ2v) is 30.2. The minimum Gasteiger partial charge on any atom is -0.462 e. The number of esters is 4. The maximum atomic E-state index is 13.1. The first-order valence-corrected chi connectivity index (χ1v) is 45.3. The predicted molar refractivity (Wildman–Crippen MR) is 463 cm³/mol. The summed E-state index contributed by atoms with van der Waals surface area (Å²) < 4.78 is 68.7. The number of phosphoric ester groups is 2. The first kappa shape index (κ1) is 106. The molecule has 5 unspecified atom stereocenters. The van der Waals surface area contributed by atoms with Gasteiger partial charge in [0, 0.05) is 25.7 Å². The van der Waals surface area contributed by atoms with E-state index < -0.39 is 97.5 Å². The molecule has 0 radical (unpaired) electrons. The second-order valence-electron chi connectivity index (χ2n) is 27.3. The van der Waals surface area contributed by atoms with Crippen molar-refractivity contribution in [2.24, 2.45) is 0 Å². The van der Waals surface area contributed by atoms with Gasteiger partial charge < -0.3 is 33.8 Å². The lowest BCUT2D eigenvalue weighted by Crippen LogP contribution is -2.30. The maximum absolute atomic E-state index is 13.1. The molecule has 0 saturated carbocycles. The van der Waals surface area contributed by atoms with Crippen molar-refractivity contribution in [2.75, 3.05) is 39.6 Å². The summed E-state index contributed by atoms with van der Waals surface area (Å²) in [6.07, 6.45) is 104. The molecule has 0 heterocycles. The fourth-order valence-corrected chi connectivity index (χ4v) is 12.0. The molecule has 0 spiro atoms. The molecule has 17 nitrogen and oxygen atoms in total. The summed E-state index contributed by atoms with van der Waals surface area (Å²) in [5, 5.41) is 10.7. The average Bonchev–Trinajstić information content (AvgIpc) is 0.898. The molecule has 19 heteroatoms. The Morgan fingerprint density at radius 1 is 0.259 bits per heavy atom. The van der Waals surface area contributed by atoms with Gasteiger partial charge >= 0.3 is 39.5 Å². The van der Waals surface area contributed by atoms with E-state index in [-0.39, 0.29) is 25.7 Å². The van der Waals surface area contributed by atoms with Crippen molar-refractivity contribution in [2.45, 2.75) is 316 Å². The van der Waals surface area contributed by atoms with Crippen molar-refractivity contribution in [1.82, 2.24) is 0 Å². The van der Waals surface area contributed by atoms with Crippen LogP contribution in [0.4, 0.5) is 0 Å². The van der Waals surface area contributed by atoms with Crippen molar-refractivity contribution >= 4 is 39.5 Å². The normalized spacial score (nSPS) is 14.8. The third-order valence-corrected chi connectivity index (χ3v) is 18.6. The van der Waals surface area contributed by atoms with Gasteiger partial charge in [-0.2, -0.15) is 0 Å². The number of aliphatic hydroxyl groups excluding tert-OH is 1. The summed E-state index contributed by atoms with van der Waals surface area (Å²) in [4.78, 5) is 73.3. The van der Waals surface area contributed by atoms with Crippen LogP contribution < -0.4 is 0 Å². The van der Waals surface area contributed by atoms with Gasteiger partial charge in [-0.3, -0.25) is 37.3 Å². The molecule has 0 aliphatic rings. The second kappa shape index (κ2) is 82.6. The summed E-state index contributed by atoms with van der Waals surface area (Å²) >= 11 is 0. The molecule has 0 fully saturated rings. The Bertz CT molecular complexity index is 2940. The number of carbonyl (C=O) groups excluding carboxylic acids is 4. The van der Waals surface area contributed by atoms with Crippen molar-refractivity contribution < 1.29 is 80.2 Å². The molecular weight excluding hydrogens is 1450 g/mol. The zero-order chi connectivity index (χ0) is 81.7. The molecule has 112 heavy (non-hydrogen) atoms. The Morgan fingerprint density at radius 2 is 0.482 bits per heavy atom. The molecule has 0 aromatic rings. The van der Waals surface area contributed by atoms with Crippen LogP contribution in [0, 0.1) is 0 Å². The van der Waals surface area contributed by atoms with Crippen LogP contribution in [0.5, 0.6) is 0 Å². The lowest BCUT2D eigenvalue weighted by Gasteiger charge is -2.21. The molecule has 0 aromatic heterocycles. The van der Waals surface area contributed by atoms with E-state index in [1.165, 1.54) is 19.3 Å². The van der Waals surface area contributed by atoms with Gasteiger partial charge in [-0.15, -0.1) is 0 Å². The number of carbonyl (C=O) groups is 4. The Labute approximate surface area is 678 Å². The predicted octanol–water partition coefficient (Wildman–Crippen LogP) is 25.4. The Hall–Kier alpha value is -6.36. The van der Waals surface area contributed by atoms with Crippen LogP contribution in [0.2, 0.25) is 0 Å². The van der Waals surface area contributed by atoms with Gasteiger partial charge in [-0.25, -0.2) is 9.13 Å².